The first-order chi connectivity index (χ1) is 10.6. The number of benzene rings is 1. The molecule has 0 amide bonds. The Kier molecular flexibility index (Phi) is 7.33. The average molecular weight is 336 g/mol. The molecule has 0 aliphatic rings. The van der Waals surface area contributed by atoms with Crippen molar-refractivity contribution in [2.24, 2.45) is 16.2 Å². The second kappa shape index (κ2) is 8.53. The van der Waals surface area contributed by atoms with Gasteiger partial charge >= 0.3 is 0 Å². The number of rotatable bonds is 7. The van der Waals surface area contributed by atoms with Gasteiger partial charge in [0, 0.05) is 17.7 Å². The fourth-order valence-corrected chi connectivity index (χ4v) is 2.88. The van der Waals surface area contributed by atoms with Gasteiger partial charge in [-0.15, -0.1) is 0 Å². The summed E-state index contributed by atoms with van der Waals surface area (Å²) in [5.41, 5.74) is 1.69. The van der Waals surface area contributed by atoms with Gasteiger partial charge in [0.05, 0.1) is 4.75 Å². The highest BCUT2D eigenvalue weighted by Gasteiger charge is 2.22. The van der Waals surface area contributed by atoms with Crippen LogP contribution in [0, 0.1) is 11.8 Å². The molecule has 23 heavy (non-hydrogen) atoms. The highest BCUT2D eigenvalue weighted by atomic mass is 32.2. The van der Waals surface area contributed by atoms with E-state index in [9.17, 15) is 9.00 Å². The summed E-state index contributed by atoms with van der Waals surface area (Å²) >= 11 is 0. The number of Topliss-reactive ketones (excluding diaryl/α,β-unsaturated/α-hetero) is 1. The third-order valence-corrected chi connectivity index (χ3v) is 5.03. The lowest BCUT2D eigenvalue weighted by molar-refractivity contribution is 0.0965. The molecular weight excluding hydrogens is 306 g/mol. The van der Waals surface area contributed by atoms with E-state index in [0.29, 0.717) is 12.8 Å². The minimum atomic E-state index is -1.25. The van der Waals surface area contributed by atoms with Crippen LogP contribution in [-0.4, -0.2) is 20.5 Å². The van der Waals surface area contributed by atoms with Gasteiger partial charge < -0.3 is 0 Å². The predicted octanol–water partition coefficient (Wildman–Crippen LogP) is 4.84. The fourth-order valence-electron chi connectivity index (χ4n) is 2.11. The molecule has 0 spiro atoms. The SMILES string of the molecule is CC(C)/C(C[C@@H](C)CC(=O)c1ccccc1)=N\[S@](=O)C(C)(C)C. The van der Waals surface area contributed by atoms with Gasteiger partial charge in [-0.3, -0.25) is 4.79 Å². The van der Waals surface area contributed by atoms with Crippen molar-refractivity contribution in [3.8, 4) is 0 Å². The van der Waals surface area contributed by atoms with Gasteiger partial charge in [0.15, 0.2) is 5.78 Å². The molecule has 0 saturated carbocycles. The third-order valence-electron chi connectivity index (χ3n) is 3.58. The van der Waals surface area contributed by atoms with Crippen molar-refractivity contribution < 1.29 is 9.00 Å². The van der Waals surface area contributed by atoms with E-state index in [2.05, 4.69) is 25.2 Å². The molecule has 0 N–H and O–H groups in total. The van der Waals surface area contributed by atoms with Crippen LogP contribution in [0.5, 0.6) is 0 Å². The molecule has 1 rings (SSSR count). The average Bonchev–Trinajstić information content (AvgIpc) is 2.46. The van der Waals surface area contributed by atoms with Gasteiger partial charge in [-0.05, 0) is 39.0 Å². The van der Waals surface area contributed by atoms with Gasteiger partial charge in [0.2, 0.25) is 0 Å². The van der Waals surface area contributed by atoms with Crippen LogP contribution in [0.1, 0.15) is 64.7 Å². The fraction of sp³-hybridized carbons (Fsp3) is 0.579. The Bertz CT molecular complexity index is 571. The zero-order valence-electron chi connectivity index (χ0n) is 15.1. The molecule has 0 saturated heterocycles. The van der Waals surface area contributed by atoms with Crippen molar-refractivity contribution in [1.82, 2.24) is 0 Å². The molecule has 128 valence electrons. The van der Waals surface area contributed by atoms with Crippen molar-refractivity contribution in [2.45, 2.75) is 59.1 Å². The second-order valence-corrected chi connectivity index (χ2v) is 9.31. The number of carbonyl (C=O) groups is 1. The Morgan fingerprint density at radius 3 is 2.13 bits per heavy atom. The lowest BCUT2D eigenvalue weighted by Gasteiger charge is -2.19. The lowest BCUT2D eigenvalue weighted by Crippen LogP contribution is -2.23. The van der Waals surface area contributed by atoms with Crippen LogP contribution in [0.25, 0.3) is 0 Å². The maximum atomic E-state index is 12.3. The summed E-state index contributed by atoms with van der Waals surface area (Å²) < 4.78 is 16.3. The lowest BCUT2D eigenvalue weighted by atomic mass is 9.92. The van der Waals surface area contributed by atoms with Crippen LogP contribution in [0.4, 0.5) is 0 Å². The van der Waals surface area contributed by atoms with Gasteiger partial charge in [0.1, 0.15) is 11.0 Å². The van der Waals surface area contributed by atoms with Crippen molar-refractivity contribution >= 4 is 22.5 Å². The topological polar surface area (TPSA) is 46.5 Å². The van der Waals surface area contributed by atoms with Gasteiger partial charge in [-0.2, -0.15) is 4.40 Å². The van der Waals surface area contributed by atoms with Gasteiger partial charge in [-0.1, -0.05) is 51.1 Å². The summed E-state index contributed by atoms with van der Waals surface area (Å²) in [5, 5.41) is 0. The summed E-state index contributed by atoms with van der Waals surface area (Å²) in [7, 11) is -1.25. The van der Waals surface area contributed by atoms with E-state index in [4.69, 9.17) is 0 Å². The molecule has 0 aliphatic heterocycles. The van der Waals surface area contributed by atoms with E-state index < -0.39 is 11.0 Å². The van der Waals surface area contributed by atoms with E-state index in [1.54, 1.807) is 0 Å². The Hall–Kier alpha value is -1.29. The highest BCUT2D eigenvalue weighted by molar-refractivity contribution is 7.85. The molecule has 4 heteroatoms. The maximum absolute atomic E-state index is 12.3. The number of hydrogen-bond donors (Lipinski definition) is 0. The van der Waals surface area contributed by atoms with Gasteiger partial charge in [-0.25, -0.2) is 4.21 Å². The third kappa shape index (κ3) is 6.78. The first-order valence-corrected chi connectivity index (χ1v) is 9.29. The predicted molar refractivity (Wildman–Crippen MR) is 99.3 cm³/mol. The smallest absolute Gasteiger partial charge is 0.163 e. The number of carbonyl (C=O) groups excluding carboxylic acids is 1. The standard InChI is InChI=1S/C19H29NO2S/c1-14(2)17(20-23(22)19(4,5)6)12-15(3)13-18(21)16-10-8-7-9-11-16/h7-11,14-15H,12-13H2,1-6H3/b20-17-/t15-,23-/m1/s1. The molecule has 0 bridgehead atoms. The maximum Gasteiger partial charge on any atom is 0.163 e. The first-order valence-electron chi connectivity index (χ1n) is 8.19. The molecule has 2 atom stereocenters. The highest BCUT2D eigenvalue weighted by Crippen LogP contribution is 2.20. The van der Waals surface area contributed by atoms with Crippen LogP contribution in [0.3, 0.4) is 0 Å². The van der Waals surface area contributed by atoms with Crippen LogP contribution in [0.15, 0.2) is 34.7 Å². The summed E-state index contributed by atoms with van der Waals surface area (Å²) in [6, 6.07) is 9.37. The first kappa shape index (κ1) is 19.8. The zero-order valence-corrected chi connectivity index (χ0v) is 15.9. The summed E-state index contributed by atoms with van der Waals surface area (Å²) in [6.45, 7) is 11.9. The second-order valence-electron chi connectivity index (χ2n) is 7.40. The van der Waals surface area contributed by atoms with E-state index in [1.165, 1.54) is 0 Å². The van der Waals surface area contributed by atoms with E-state index in [-0.39, 0.29) is 22.4 Å². The molecule has 1 aromatic rings. The van der Waals surface area contributed by atoms with E-state index >= 15 is 0 Å². The molecule has 0 unspecified atom stereocenters. The van der Waals surface area contributed by atoms with Crippen molar-refractivity contribution in [3.05, 3.63) is 35.9 Å². The van der Waals surface area contributed by atoms with E-state index in [1.807, 2.05) is 51.1 Å². The van der Waals surface area contributed by atoms with E-state index in [0.717, 1.165) is 11.3 Å². The molecule has 3 nitrogen and oxygen atoms in total. The summed E-state index contributed by atoms with van der Waals surface area (Å²) in [5.74, 6) is 0.564. The summed E-state index contributed by atoms with van der Waals surface area (Å²) in [4.78, 5) is 12.3. The van der Waals surface area contributed by atoms with Crippen LogP contribution >= 0.6 is 0 Å². The van der Waals surface area contributed by atoms with Crippen molar-refractivity contribution in [2.75, 3.05) is 0 Å². The number of nitrogens with zero attached hydrogens (tertiary/aromatic N) is 1. The van der Waals surface area contributed by atoms with Crippen LogP contribution < -0.4 is 0 Å². The minimum Gasteiger partial charge on any atom is -0.294 e. The molecule has 0 aliphatic carbocycles. The van der Waals surface area contributed by atoms with Crippen LogP contribution in [-0.2, 0) is 11.0 Å². The monoisotopic (exact) mass is 335 g/mol. The molecule has 0 radical (unpaired) electrons. The molecule has 0 fully saturated rings. The Morgan fingerprint density at radius 1 is 1.09 bits per heavy atom. The normalized spacial score (nSPS) is 15.5. The Balaban J connectivity index is 2.75. The van der Waals surface area contributed by atoms with Crippen molar-refractivity contribution in [3.63, 3.8) is 0 Å². The molecule has 0 heterocycles. The molecule has 0 aromatic heterocycles. The molecular formula is C19H29NO2S. The molecule has 1 aromatic carbocycles. The number of ketones is 1. The Labute approximate surface area is 143 Å². The summed E-state index contributed by atoms with van der Waals surface area (Å²) in [6.07, 6.45) is 1.19. The Morgan fingerprint density at radius 2 is 1.65 bits per heavy atom. The zero-order chi connectivity index (χ0) is 17.6. The largest absolute Gasteiger partial charge is 0.294 e. The minimum absolute atomic E-state index is 0.151. The quantitative estimate of drug-likeness (QED) is 0.528. The van der Waals surface area contributed by atoms with Crippen molar-refractivity contribution in [1.29, 1.82) is 0 Å². The number of hydrogen-bond acceptors (Lipinski definition) is 2. The van der Waals surface area contributed by atoms with Gasteiger partial charge in [0.25, 0.3) is 0 Å². The van der Waals surface area contributed by atoms with Crippen LogP contribution in [0.2, 0.25) is 0 Å².